The zero-order valence-corrected chi connectivity index (χ0v) is 26.5. The molecule has 2 N–H and O–H groups in total. The van der Waals surface area contributed by atoms with Crippen LogP contribution in [0.2, 0.25) is 0 Å². The van der Waals surface area contributed by atoms with Crippen molar-refractivity contribution in [3.63, 3.8) is 0 Å². The average Bonchev–Trinajstić information content (AvgIpc) is 2.98. The van der Waals surface area contributed by atoms with Gasteiger partial charge in [-0.05, 0) is 74.6 Å². The van der Waals surface area contributed by atoms with Gasteiger partial charge in [0.25, 0.3) is 0 Å². The Kier molecular flexibility index (Phi) is 12.6. The predicted octanol–water partition coefficient (Wildman–Crippen LogP) is 6.94. The summed E-state index contributed by atoms with van der Waals surface area (Å²) in [6.07, 6.45) is 0.172. The Morgan fingerprint density at radius 1 is 0.864 bits per heavy atom. The molecule has 3 aromatic carbocycles. The van der Waals surface area contributed by atoms with E-state index in [1.165, 1.54) is 0 Å². The van der Waals surface area contributed by atoms with Crippen molar-refractivity contribution in [2.45, 2.75) is 72.6 Å². The summed E-state index contributed by atoms with van der Waals surface area (Å²) in [6.45, 7) is 12.3. The highest BCUT2D eigenvalue weighted by atomic mass is 16.6. The maximum atomic E-state index is 13.6. The summed E-state index contributed by atoms with van der Waals surface area (Å²) < 4.78 is 22.5. The van der Waals surface area contributed by atoms with Crippen molar-refractivity contribution in [3.8, 4) is 11.5 Å². The minimum absolute atomic E-state index is 0.188. The Labute approximate surface area is 260 Å². The molecule has 0 aliphatic rings. The summed E-state index contributed by atoms with van der Waals surface area (Å²) in [5, 5.41) is 5.58. The molecule has 0 spiro atoms. The number of rotatable bonds is 14. The number of hydrogen-bond donors (Lipinski definition) is 2. The lowest BCUT2D eigenvalue weighted by Gasteiger charge is -2.24. The van der Waals surface area contributed by atoms with Gasteiger partial charge in [0.05, 0.1) is 24.5 Å². The van der Waals surface area contributed by atoms with Gasteiger partial charge < -0.3 is 29.6 Å². The first-order valence-corrected chi connectivity index (χ1v) is 14.9. The standard InChI is InChI=1S/C35H44N2O7/c1-7-19-41-33(39)27-15-18-29(31(21-27)43-22-24(2)3)36-32(38)30(37-34(40)44-35(4,5)6)20-25-13-16-28(17-14-25)42-23-26-11-9-8-10-12-26/h8-18,21,24,30H,7,19-20,22-23H2,1-6H3,(H,36,38)(H,37,40)/t30-/m1/s1. The van der Waals surface area contributed by atoms with Gasteiger partial charge in [-0.15, -0.1) is 0 Å². The average molecular weight is 605 g/mol. The first kappa shape index (κ1) is 34.0. The van der Waals surface area contributed by atoms with Crippen LogP contribution in [-0.2, 0) is 27.3 Å². The molecule has 0 aliphatic heterocycles. The quantitative estimate of drug-likeness (QED) is 0.192. The van der Waals surface area contributed by atoms with Crippen molar-refractivity contribution >= 4 is 23.7 Å². The van der Waals surface area contributed by atoms with Gasteiger partial charge in [-0.25, -0.2) is 9.59 Å². The molecule has 0 heterocycles. The van der Waals surface area contributed by atoms with E-state index < -0.39 is 29.6 Å². The molecule has 9 nitrogen and oxygen atoms in total. The van der Waals surface area contributed by atoms with Crippen LogP contribution in [0.25, 0.3) is 0 Å². The highest BCUT2D eigenvalue weighted by Gasteiger charge is 2.26. The Balaban J connectivity index is 1.79. The zero-order chi connectivity index (χ0) is 32.1. The normalized spacial score (nSPS) is 11.8. The van der Waals surface area contributed by atoms with Crippen LogP contribution >= 0.6 is 0 Å². The molecule has 1 atom stereocenters. The van der Waals surface area contributed by atoms with Gasteiger partial charge in [-0.2, -0.15) is 0 Å². The van der Waals surface area contributed by atoms with E-state index in [4.69, 9.17) is 18.9 Å². The second-order valence-electron chi connectivity index (χ2n) is 11.9. The maximum absolute atomic E-state index is 13.6. The van der Waals surface area contributed by atoms with Crippen LogP contribution in [0.4, 0.5) is 10.5 Å². The molecule has 44 heavy (non-hydrogen) atoms. The molecule has 0 radical (unpaired) electrons. The number of nitrogens with one attached hydrogen (secondary N) is 2. The second-order valence-corrected chi connectivity index (χ2v) is 11.9. The van der Waals surface area contributed by atoms with Crippen molar-refractivity contribution in [1.82, 2.24) is 5.32 Å². The summed E-state index contributed by atoms with van der Waals surface area (Å²) in [6, 6.07) is 21.0. The Morgan fingerprint density at radius 3 is 2.20 bits per heavy atom. The second kappa shape index (κ2) is 16.4. The van der Waals surface area contributed by atoms with Crippen LogP contribution < -0.4 is 20.1 Å². The van der Waals surface area contributed by atoms with E-state index in [1.54, 1.807) is 39.0 Å². The molecule has 3 aromatic rings. The van der Waals surface area contributed by atoms with Gasteiger partial charge >= 0.3 is 12.1 Å². The van der Waals surface area contributed by atoms with Gasteiger partial charge in [-0.1, -0.05) is 63.2 Å². The Hall–Kier alpha value is -4.53. The van der Waals surface area contributed by atoms with Crippen LogP contribution in [-0.4, -0.2) is 42.8 Å². The minimum atomic E-state index is -0.979. The lowest BCUT2D eigenvalue weighted by molar-refractivity contribution is -0.118. The van der Waals surface area contributed by atoms with Crippen molar-refractivity contribution < 1.29 is 33.3 Å². The van der Waals surface area contributed by atoms with Gasteiger partial charge in [-0.3, -0.25) is 4.79 Å². The number of hydrogen-bond acceptors (Lipinski definition) is 7. The van der Waals surface area contributed by atoms with Crippen molar-refractivity contribution in [2.75, 3.05) is 18.5 Å². The molecule has 0 aromatic heterocycles. The van der Waals surface area contributed by atoms with Gasteiger partial charge in [0, 0.05) is 6.42 Å². The largest absolute Gasteiger partial charge is 0.491 e. The molecule has 2 amide bonds. The summed E-state index contributed by atoms with van der Waals surface area (Å²) in [5.41, 5.74) is 1.79. The Bertz CT molecular complexity index is 1370. The van der Waals surface area contributed by atoms with Crippen molar-refractivity contribution in [2.24, 2.45) is 5.92 Å². The SMILES string of the molecule is CCCOC(=O)c1ccc(NC(=O)[C@@H](Cc2ccc(OCc3ccccc3)cc2)NC(=O)OC(C)(C)C)c(OCC(C)C)c1. The number of ether oxygens (including phenoxy) is 4. The van der Waals surface area contributed by atoms with Crippen molar-refractivity contribution in [1.29, 1.82) is 0 Å². The highest BCUT2D eigenvalue weighted by molar-refractivity contribution is 5.99. The molecule has 0 bridgehead atoms. The summed E-state index contributed by atoms with van der Waals surface area (Å²) in [7, 11) is 0. The molecule has 0 saturated carbocycles. The topological polar surface area (TPSA) is 112 Å². The third-order valence-electron chi connectivity index (χ3n) is 6.10. The molecule has 0 fully saturated rings. The molecule has 0 unspecified atom stereocenters. The van der Waals surface area contributed by atoms with E-state index in [2.05, 4.69) is 10.6 Å². The molecular weight excluding hydrogens is 560 g/mol. The molecular formula is C35H44N2O7. The zero-order valence-electron chi connectivity index (χ0n) is 26.5. The van der Waals surface area contributed by atoms with Crippen LogP contribution in [0.3, 0.4) is 0 Å². The number of esters is 1. The summed E-state index contributed by atoms with van der Waals surface area (Å²) in [4.78, 5) is 38.8. The van der Waals surface area contributed by atoms with Crippen LogP contribution in [0, 0.1) is 5.92 Å². The fourth-order valence-corrected chi connectivity index (χ4v) is 3.98. The predicted molar refractivity (Wildman–Crippen MR) is 170 cm³/mol. The lowest BCUT2D eigenvalue weighted by Crippen LogP contribution is -2.47. The van der Waals surface area contributed by atoms with Gasteiger partial charge in [0.2, 0.25) is 5.91 Å². The monoisotopic (exact) mass is 604 g/mol. The first-order chi connectivity index (χ1) is 20.9. The van der Waals surface area contributed by atoms with E-state index >= 15 is 0 Å². The number of carbonyl (C=O) groups excluding carboxylic acids is 3. The number of carbonyl (C=O) groups is 3. The Morgan fingerprint density at radius 2 is 1.57 bits per heavy atom. The fraction of sp³-hybridized carbons (Fsp3) is 0.400. The third-order valence-corrected chi connectivity index (χ3v) is 6.10. The molecule has 0 aliphatic carbocycles. The molecule has 9 heteroatoms. The lowest BCUT2D eigenvalue weighted by atomic mass is 10.0. The number of amides is 2. The summed E-state index contributed by atoms with van der Waals surface area (Å²) >= 11 is 0. The van der Waals surface area contributed by atoms with Crippen LogP contribution in [0.15, 0.2) is 72.8 Å². The number of benzene rings is 3. The van der Waals surface area contributed by atoms with E-state index in [9.17, 15) is 14.4 Å². The minimum Gasteiger partial charge on any atom is -0.491 e. The van der Waals surface area contributed by atoms with E-state index in [0.29, 0.717) is 49.0 Å². The molecule has 0 saturated heterocycles. The number of alkyl carbamates (subject to hydrolysis) is 1. The van der Waals surface area contributed by atoms with Gasteiger partial charge in [0.15, 0.2) is 0 Å². The van der Waals surface area contributed by atoms with E-state index in [-0.39, 0.29) is 12.3 Å². The summed E-state index contributed by atoms with van der Waals surface area (Å²) in [5.74, 6) is 0.267. The van der Waals surface area contributed by atoms with Crippen molar-refractivity contribution in [3.05, 3.63) is 89.5 Å². The molecule has 3 rings (SSSR count). The fourth-order valence-electron chi connectivity index (χ4n) is 3.98. The molecule has 236 valence electrons. The number of anilines is 1. The van der Waals surface area contributed by atoms with E-state index in [0.717, 1.165) is 11.1 Å². The van der Waals surface area contributed by atoms with E-state index in [1.807, 2.05) is 75.4 Å². The maximum Gasteiger partial charge on any atom is 0.408 e. The van der Waals surface area contributed by atoms with Crippen LogP contribution in [0.5, 0.6) is 11.5 Å². The van der Waals surface area contributed by atoms with Crippen LogP contribution in [0.1, 0.15) is 69.4 Å². The van der Waals surface area contributed by atoms with Gasteiger partial charge in [0.1, 0.15) is 29.7 Å². The highest BCUT2D eigenvalue weighted by Crippen LogP contribution is 2.28. The smallest absolute Gasteiger partial charge is 0.408 e. The third kappa shape index (κ3) is 11.6. The first-order valence-electron chi connectivity index (χ1n) is 14.9.